The second kappa shape index (κ2) is 5.40. The van der Waals surface area contributed by atoms with Crippen molar-refractivity contribution in [2.45, 2.75) is 6.10 Å². The Hall–Kier alpha value is -2.55. The highest BCUT2D eigenvalue weighted by molar-refractivity contribution is 5.94. The lowest BCUT2D eigenvalue weighted by Gasteiger charge is -2.09. The number of likely N-dealkylation sites (N-methyl/N-ethyl adjacent to an activating group) is 1. The zero-order valence-corrected chi connectivity index (χ0v) is 10.4. The highest BCUT2D eigenvalue weighted by Crippen LogP contribution is 2.08. The monoisotopic (exact) mass is 259 g/mol. The molecule has 2 rings (SSSR count). The Labute approximate surface area is 110 Å². The molecule has 1 heterocycles. The minimum atomic E-state index is -0.384. The summed E-state index contributed by atoms with van der Waals surface area (Å²) in [6.07, 6.45) is -0.716. The Bertz CT molecular complexity index is 550. The normalized spacial score (nSPS) is 17.8. The van der Waals surface area contributed by atoms with Gasteiger partial charge in [0.25, 0.3) is 5.91 Å². The standard InChI is InChI=1S/C13H13N3O3/c1-16-8-11(19-13(16)18)7-15-12(17)10-4-2-3-9(5-10)6-14/h2-5,11H,7-8H2,1H3,(H,15,17). The second-order valence-electron chi connectivity index (χ2n) is 4.29. The van der Waals surface area contributed by atoms with Gasteiger partial charge in [0.05, 0.1) is 24.7 Å². The van der Waals surface area contributed by atoms with E-state index in [0.29, 0.717) is 17.7 Å². The Balaban J connectivity index is 1.91. The molecule has 98 valence electrons. The van der Waals surface area contributed by atoms with Gasteiger partial charge in [0.1, 0.15) is 6.10 Å². The van der Waals surface area contributed by atoms with Gasteiger partial charge < -0.3 is 15.0 Å². The van der Waals surface area contributed by atoms with Crippen molar-refractivity contribution in [3.05, 3.63) is 35.4 Å². The number of nitrogens with zero attached hydrogens (tertiary/aromatic N) is 2. The van der Waals surface area contributed by atoms with Crippen LogP contribution in [-0.4, -0.2) is 43.1 Å². The van der Waals surface area contributed by atoms with E-state index in [9.17, 15) is 9.59 Å². The molecule has 1 unspecified atom stereocenters. The van der Waals surface area contributed by atoms with Crippen LogP contribution in [0.25, 0.3) is 0 Å². The summed E-state index contributed by atoms with van der Waals surface area (Å²) in [7, 11) is 1.64. The van der Waals surface area contributed by atoms with E-state index in [2.05, 4.69) is 5.32 Å². The van der Waals surface area contributed by atoms with Crippen molar-refractivity contribution >= 4 is 12.0 Å². The highest BCUT2D eigenvalue weighted by Gasteiger charge is 2.28. The van der Waals surface area contributed by atoms with Crippen LogP contribution in [0.2, 0.25) is 0 Å². The molecule has 0 bridgehead atoms. The summed E-state index contributed by atoms with van der Waals surface area (Å²) in [4.78, 5) is 24.4. The van der Waals surface area contributed by atoms with Gasteiger partial charge in [-0.25, -0.2) is 4.79 Å². The van der Waals surface area contributed by atoms with E-state index in [4.69, 9.17) is 10.00 Å². The minimum Gasteiger partial charge on any atom is -0.442 e. The molecule has 1 N–H and O–H groups in total. The molecule has 0 radical (unpaired) electrons. The second-order valence-corrected chi connectivity index (χ2v) is 4.29. The molecule has 1 aromatic carbocycles. The first-order valence-corrected chi connectivity index (χ1v) is 5.80. The van der Waals surface area contributed by atoms with E-state index < -0.39 is 0 Å². The van der Waals surface area contributed by atoms with Gasteiger partial charge in [0, 0.05) is 12.6 Å². The molecule has 1 saturated heterocycles. The molecule has 19 heavy (non-hydrogen) atoms. The number of ether oxygens (including phenoxy) is 1. The quantitative estimate of drug-likeness (QED) is 0.867. The van der Waals surface area contributed by atoms with Crippen LogP contribution in [-0.2, 0) is 4.74 Å². The van der Waals surface area contributed by atoms with Gasteiger partial charge in [0.15, 0.2) is 0 Å². The molecule has 2 amide bonds. The zero-order valence-electron chi connectivity index (χ0n) is 10.4. The maximum atomic E-state index is 11.9. The van der Waals surface area contributed by atoms with Gasteiger partial charge in [-0.2, -0.15) is 5.26 Å². The number of rotatable bonds is 3. The van der Waals surface area contributed by atoms with Crippen LogP contribution in [0.3, 0.4) is 0 Å². The first-order chi connectivity index (χ1) is 9.10. The first kappa shape index (κ1) is 12.9. The number of hydrogen-bond acceptors (Lipinski definition) is 4. The number of cyclic esters (lactones) is 1. The molecule has 1 fully saturated rings. The van der Waals surface area contributed by atoms with Crippen molar-refractivity contribution in [1.29, 1.82) is 5.26 Å². The van der Waals surface area contributed by atoms with E-state index in [1.54, 1.807) is 25.2 Å². The number of nitrogens with one attached hydrogen (secondary N) is 1. The predicted molar refractivity (Wildman–Crippen MR) is 66.4 cm³/mol. The van der Waals surface area contributed by atoms with Crippen molar-refractivity contribution in [2.24, 2.45) is 0 Å². The Morgan fingerprint density at radius 3 is 3.05 bits per heavy atom. The molecule has 0 aliphatic carbocycles. The Morgan fingerprint density at radius 1 is 1.63 bits per heavy atom. The molecule has 1 aliphatic heterocycles. The molecule has 6 nitrogen and oxygen atoms in total. The predicted octanol–water partition coefficient (Wildman–Crippen LogP) is 0.739. The van der Waals surface area contributed by atoms with E-state index in [1.807, 2.05) is 6.07 Å². The van der Waals surface area contributed by atoms with Crippen LogP contribution >= 0.6 is 0 Å². The summed E-state index contributed by atoms with van der Waals surface area (Å²) in [5.74, 6) is -0.289. The first-order valence-electron chi connectivity index (χ1n) is 5.80. The molecule has 0 spiro atoms. The maximum absolute atomic E-state index is 11.9. The maximum Gasteiger partial charge on any atom is 0.410 e. The summed E-state index contributed by atoms with van der Waals surface area (Å²) in [6.45, 7) is 0.711. The summed E-state index contributed by atoms with van der Waals surface area (Å²) in [5, 5.41) is 11.4. The van der Waals surface area contributed by atoms with E-state index >= 15 is 0 Å². The molecular weight excluding hydrogens is 246 g/mol. The number of nitriles is 1. The highest BCUT2D eigenvalue weighted by atomic mass is 16.6. The van der Waals surface area contributed by atoms with Crippen molar-refractivity contribution in [3.8, 4) is 6.07 Å². The molecule has 0 saturated carbocycles. The Kier molecular flexibility index (Phi) is 3.66. The van der Waals surface area contributed by atoms with Crippen LogP contribution in [0, 0.1) is 11.3 Å². The van der Waals surface area contributed by atoms with Crippen molar-refractivity contribution in [1.82, 2.24) is 10.2 Å². The third kappa shape index (κ3) is 3.01. The average molecular weight is 259 g/mol. The molecule has 1 aliphatic rings. The number of benzene rings is 1. The van der Waals surface area contributed by atoms with Crippen molar-refractivity contribution in [2.75, 3.05) is 20.1 Å². The number of carbonyl (C=O) groups is 2. The lowest BCUT2D eigenvalue weighted by molar-refractivity contribution is 0.0915. The van der Waals surface area contributed by atoms with Crippen molar-refractivity contribution in [3.63, 3.8) is 0 Å². The molecule has 6 heteroatoms. The number of amides is 2. The summed E-state index contributed by atoms with van der Waals surface area (Å²) in [5.41, 5.74) is 0.844. The van der Waals surface area contributed by atoms with Gasteiger partial charge in [-0.15, -0.1) is 0 Å². The van der Waals surface area contributed by atoms with Crippen LogP contribution in [0.1, 0.15) is 15.9 Å². The van der Waals surface area contributed by atoms with Gasteiger partial charge >= 0.3 is 6.09 Å². The lowest BCUT2D eigenvalue weighted by Crippen LogP contribution is -2.34. The third-order valence-corrected chi connectivity index (χ3v) is 2.80. The van der Waals surface area contributed by atoms with Crippen LogP contribution in [0.4, 0.5) is 4.79 Å². The summed E-state index contributed by atoms with van der Waals surface area (Å²) < 4.78 is 5.02. The smallest absolute Gasteiger partial charge is 0.410 e. The largest absolute Gasteiger partial charge is 0.442 e. The molecular formula is C13H13N3O3. The van der Waals surface area contributed by atoms with Crippen LogP contribution in [0.5, 0.6) is 0 Å². The SMILES string of the molecule is CN1CC(CNC(=O)c2cccc(C#N)c2)OC1=O. The van der Waals surface area contributed by atoms with Gasteiger partial charge in [-0.3, -0.25) is 4.79 Å². The van der Waals surface area contributed by atoms with E-state index in [1.165, 1.54) is 11.0 Å². The fourth-order valence-electron chi connectivity index (χ4n) is 1.79. The van der Waals surface area contributed by atoms with Crippen LogP contribution in [0.15, 0.2) is 24.3 Å². The minimum absolute atomic E-state index is 0.256. The van der Waals surface area contributed by atoms with E-state index in [0.717, 1.165) is 0 Å². The molecule has 0 aromatic heterocycles. The fourth-order valence-corrected chi connectivity index (χ4v) is 1.79. The molecule has 1 atom stereocenters. The van der Waals surface area contributed by atoms with E-state index in [-0.39, 0.29) is 24.6 Å². The molecule has 1 aromatic rings. The van der Waals surface area contributed by atoms with Crippen molar-refractivity contribution < 1.29 is 14.3 Å². The summed E-state index contributed by atoms with van der Waals surface area (Å²) >= 11 is 0. The number of carbonyl (C=O) groups excluding carboxylic acids is 2. The fraction of sp³-hybridized carbons (Fsp3) is 0.308. The lowest BCUT2D eigenvalue weighted by atomic mass is 10.1. The summed E-state index contributed by atoms with van der Waals surface area (Å²) in [6, 6.07) is 8.40. The zero-order chi connectivity index (χ0) is 13.8. The van der Waals surface area contributed by atoms with Gasteiger partial charge in [-0.05, 0) is 18.2 Å². The van der Waals surface area contributed by atoms with Crippen LogP contribution < -0.4 is 5.32 Å². The Morgan fingerprint density at radius 2 is 2.42 bits per heavy atom. The topological polar surface area (TPSA) is 82.4 Å². The van der Waals surface area contributed by atoms with Gasteiger partial charge in [0.2, 0.25) is 0 Å². The average Bonchev–Trinajstić information content (AvgIpc) is 2.75. The van der Waals surface area contributed by atoms with Gasteiger partial charge in [-0.1, -0.05) is 6.07 Å². The number of hydrogen-bond donors (Lipinski definition) is 1. The third-order valence-electron chi connectivity index (χ3n) is 2.80.